The second-order valence-electron chi connectivity index (χ2n) is 5.47. The zero-order valence-corrected chi connectivity index (χ0v) is 15.6. The molecule has 2 heterocycles. The number of esters is 1. The third kappa shape index (κ3) is 3.71. The molecule has 0 amide bonds. The normalized spacial score (nSPS) is 16.3. The van der Waals surface area contributed by atoms with E-state index in [1.807, 2.05) is 5.38 Å². The Morgan fingerprint density at radius 3 is 2.52 bits per heavy atom. The number of thiophene rings is 1. The maximum absolute atomic E-state index is 12.7. The average molecular weight is 403 g/mol. The van der Waals surface area contributed by atoms with Crippen molar-refractivity contribution in [3.05, 3.63) is 67.9 Å². The molecule has 0 fully saturated rings. The van der Waals surface area contributed by atoms with Gasteiger partial charge in [-0.3, -0.25) is 14.9 Å². The summed E-state index contributed by atoms with van der Waals surface area (Å²) in [5.74, 6) is -1.84. The molecule has 1 aliphatic heterocycles. The number of rotatable bonds is 5. The highest BCUT2D eigenvalue weighted by Crippen LogP contribution is 2.34. The topological polar surface area (TPSA) is 111 Å². The molecule has 0 saturated carbocycles. The zero-order chi connectivity index (χ0) is 19.6. The summed E-state index contributed by atoms with van der Waals surface area (Å²) >= 11 is 6.62. The van der Waals surface area contributed by atoms with Crippen LogP contribution in [-0.4, -0.2) is 28.9 Å². The summed E-state index contributed by atoms with van der Waals surface area (Å²) in [7, 11) is 1.13. The van der Waals surface area contributed by atoms with Crippen LogP contribution in [0.3, 0.4) is 0 Å². The highest BCUT2D eigenvalue weighted by Gasteiger charge is 2.36. The molecule has 0 saturated heterocycles. The molecule has 2 N–H and O–H groups in total. The first-order valence-electron chi connectivity index (χ1n) is 7.65. The molecule has 0 unspecified atom stereocenters. The number of Topliss-reactive ketones (excluding diaryl/α,β-unsaturated/α-hetero) is 1. The predicted octanol–water partition coefficient (Wildman–Crippen LogP) is 2.33. The van der Waals surface area contributed by atoms with Crippen LogP contribution < -0.4 is 10.6 Å². The maximum atomic E-state index is 12.7. The molecule has 0 bridgehead atoms. The van der Waals surface area contributed by atoms with E-state index < -0.39 is 22.7 Å². The van der Waals surface area contributed by atoms with Gasteiger partial charge in [0.2, 0.25) is 0 Å². The minimum atomic E-state index is -1.01. The van der Waals surface area contributed by atoms with Gasteiger partial charge >= 0.3 is 5.97 Å². The quantitative estimate of drug-likeness (QED) is 0.257. The first kappa shape index (κ1) is 18.7. The van der Waals surface area contributed by atoms with Crippen molar-refractivity contribution in [2.24, 2.45) is 0 Å². The lowest BCUT2D eigenvalue weighted by atomic mass is 9.91. The number of ether oxygens (including phenoxy) is 1. The second kappa shape index (κ2) is 7.64. The summed E-state index contributed by atoms with van der Waals surface area (Å²) in [5, 5.41) is 18.9. The Kier molecular flexibility index (Phi) is 5.28. The summed E-state index contributed by atoms with van der Waals surface area (Å²) in [6.07, 6.45) is 0. The first-order chi connectivity index (χ1) is 12.9. The molecule has 27 heavy (non-hydrogen) atoms. The van der Waals surface area contributed by atoms with E-state index in [4.69, 9.17) is 12.2 Å². The van der Waals surface area contributed by atoms with Crippen LogP contribution in [0.15, 0.2) is 47.4 Å². The monoisotopic (exact) mass is 403 g/mol. The number of nitro groups is 1. The van der Waals surface area contributed by atoms with Gasteiger partial charge < -0.3 is 15.4 Å². The summed E-state index contributed by atoms with van der Waals surface area (Å²) in [6, 6.07) is 8.52. The lowest BCUT2D eigenvalue weighted by Crippen LogP contribution is -2.45. The summed E-state index contributed by atoms with van der Waals surface area (Å²) < 4.78 is 4.60. The van der Waals surface area contributed by atoms with Crippen molar-refractivity contribution in [3.8, 4) is 0 Å². The minimum absolute atomic E-state index is 0.0847. The van der Waals surface area contributed by atoms with Crippen LogP contribution in [0.4, 0.5) is 5.69 Å². The molecular weight excluding hydrogens is 390 g/mol. The zero-order valence-electron chi connectivity index (χ0n) is 13.9. The van der Waals surface area contributed by atoms with Crippen molar-refractivity contribution in [2.45, 2.75) is 6.04 Å². The first-order valence-corrected chi connectivity index (χ1v) is 8.93. The fourth-order valence-corrected chi connectivity index (χ4v) is 3.63. The third-order valence-corrected chi connectivity index (χ3v) is 5.00. The van der Waals surface area contributed by atoms with Crippen molar-refractivity contribution in [1.29, 1.82) is 0 Å². The average Bonchev–Trinajstić information content (AvgIpc) is 3.21. The van der Waals surface area contributed by atoms with Gasteiger partial charge in [-0.05, 0) is 41.4 Å². The van der Waals surface area contributed by atoms with E-state index in [0.717, 1.165) is 12.0 Å². The van der Waals surface area contributed by atoms with Crippen LogP contribution >= 0.6 is 23.6 Å². The molecule has 0 aliphatic carbocycles. The van der Waals surface area contributed by atoms with Crippen molar-refractivity contribution >= 4 is 51.8 Å². The number of carbonyl (C=O) groups excluding carboxylic acids is 2. The minimum Gasteiger partial charge on any atom is -0.463 e. The van der Waals surface area contributed by atoms with Crippen molar-refractivity contribution < 1.29 is 19.2 Å². The van der Waals surface area contributed by atoms with Gasteiger partial charge in [0, 0.05) is 12.1 Å². The van der Waals surface area contributed by atoms with E-state index in [1.165, 1.54) is 35.6 Å². The fourth-order valence-electron chi connectivity index (χ4n) is 2.67. The Morgan fingerprint density at radius 1 is 1.26 bits per heavy atom. The molecule has 0 radical (unpaired) electrons. The predicted molar refractivity (Wildman–Crippen MR) is 103 cm³/mol. The number of thiocarbonyl (C=S) groups is 1. The third-order valence-electron chi connectivity index (χ3n) is 3.89. The van der Waals surface area contributed by atoms with Crippen LogP contribution in [-0.2, 0) is 14.3 Å². The van der Waals surface area contributed by atoms with Gasteiger partial charge in [0.1, 0.15) is 0 Å². The smallest absolute Gasteiger partial charge is 0.379 e. The van der Waals surface area contributed by atoms with Gasteiger partial charge in [0.05, 0.1) is 34.2 Å². The summed E-state index contributed by atoms with van der Waals surface area (Å²) in [5.41, 5.74) is 1.00. The maximum Gasteiger partial charge on any atom is 0.379 e. The lowest BCUT2D eigenvalue weighted by molar-refractivity contribution is -0.384. The second-order valence-corrected chi connectivity index (χ2v) is 6.82. The Labute approximate surface area is 163 Å². The van der Waals surface area contributed by atoms with Crippen LogP contribution in [0.25, 0.3) is 5.70 Å². The van der Waals surface area contributed by atoms with E-state index in [2.05, 4.69) is 15.4 Å². The van der Waals surface area contributed by atoms with E-state index in [0.29, 0.717) is 11.3 Å². The molecule has 1 aliphatic rings. The van der Waals surface area contributed by atoms with Gasteiger partial charge in [-0.15, -0.1) is 11.3 Å². The van der Waals surface area contributed by atoms with Gasteiger partial charge in [-0.25, -0.2) is 4.79 Å². The van der Waals surface area contributed by atoms with Gasteiger partial charge in [0.15, 0.2) is 5.11 Å². The molecule has 1 aromatic heterocycles. The molecule has 1 aromatic carbocycles. The van der Waals surface area contributed by atoms with Gasteiger partial charge in [0.25, 0.3) is 11.5 Å². The number of nitrogens with one attached hydrogen (secondary N) is 2. The molecule has 8 nitrogen and oxygen atoms in total. The van der Waals surface area contributed by atoms with Crippen molar-refractivity contribution in [3.63, 3.8) is 0 Å². The molecule has 1 atom stereocenters. The summed E-state index contributed by atoms with van der Waals surface area (Å²) in [6.45, 7) is 0. The van der Waals surface area contributed by atoms with Crippen LogP contribution in [0.2, 0.25) is 0 Å². The summed E-state index contributed by atoms with van der Waals surface area (Å²) in [4.78, 5) is 35.8. The number of nitro benzene ring substituents is 1. The fraction of sp³-hybridized carbons (Fsp3) is 0.118. The Balaban J connectivity index is 2.16. The standard InChI is InChI=1S/C17H13N3O5S2/c1-25-16(22)15(21)12-13(9-4-6-10(7-5-9)20(23)24)18-17(26)19-14(12)11-3-2-8-27-11/h2-8,13H,1H3,(H2,18,19,26)/t13-/m1/s1. The number of nitrogens with zero attached hydrogens (tertiary/aromatic N) is 1. The SMILES string of the molecule is COC(=O)C(=O)C1=C(c2cccs2)NC(=S)N[C@@H]1c1ccc([N+](=O)[O-])cc1. The van der Waals surface area contributed by atoms with Crippen LogP contribution in [0.1, 0.15) is 16.5 Å². The Morgan fingerprint density at radius 2 is 1.96 bits per heavy atom. The highest BCUT2D eigenvalue weighted by molar-refractivity contribution is 7.80. The van der Waals surface area contributed by atoms with Gasteiger partial charge in [-0.2, -0.15) is 0 Å². The van der Waals surface area contributed by atoms with Crippen molar-refractivity contribution in [1.82, 2.24) is 10.6 Å². The van der Waals surface area contributed by atoms with E-state index in [1.54, 1.807) is 12.1 Å². The number of methoxy groups -OCH3 is 1. The van der Waals surface area contributed by atoms with Gasteiger partial charge in [-0.1, -0.05) is 6.07 Å². The van der Waals surface area contributed by atoms with Crippen LogP contribution in [0, 0.1) is 10.1 Å². The molecule has 138 valence electrons. The number of hydrogen-bond donors (Lipinski definition) is 2. The number of ketones is 1. The van der Waals surface area contributed by atoms with E-state index >= 15 is 0 Å². The number of carbonyl (C=O) groups is 2. The molecule has 2 aromatic rings. The van der Waals surface area contributed by atoms with E-state index in [9.17, 15) is 19.7 Å². The lowest BCUT2D eigenvalue weighted by Gasteiger charge is -2.30. The van der Waals surface area contributed by atoms with Crippen LogP contribution in [0.5, 0.6) is 0 Å². The number of hydrogen-bond acceptors (Lipinski definition) is 7. The highest BCUT2D eigenvalue weighted by atomic mass is 32.1. The largest absolute Gasteiger partial charge is 0.463 e. The number of non-ortho nitro benzene ring substituents is 1. The Bertz CT molecular complexity index is 951. The molecule has 3 rings (SSSR count). The molecule has 0 spiro atoms. The van der Waals surface area contributed by atoms with Crippen molar-refractivity contribution in [2.75, 3.05) is 7.11 Å². The molecular formula is C17H13N3O5S2. The van der Waals surface area contributed by atoms with E-state index in [-0.39, 0.29) is 16.4 Å². The number of benzene rings is 1. The Hall–Kier alpha value is -3.11. The molecule has 10 heteroatoms.